The molecule has 0 aliphatic carbocycles. The first-order chi connectivity index (χ1) is 19.4. The minimum atomic E-state index is -0.218. The van der Waals surface area contributed by atoms with Crippen molar-refractivity contribution in [2.75, 3.05) is 22.1 Å². The van der Waals surface area contributed by atoms with E-state index in [1.54, 1.807) is 23.5 Å². The number of phenolic OH excluding ortho intramolecular Hbond substituents is 1. The number of nitrogens with zero attached hydrogens (tertiary/aromatic N) is 3. The standard InChI is InChI=1S/C33H57N5OS2/c1-9-11-13-15-17-19-21-40-30-34-29(35-31(36-30)41-22-20-18-16-14-12-10-2)25-23-26(37-32(3,4)5)28(39)27(24-25)38-33(6,7)8/h23-24,37-39H,9-22H2,1-8H3. The van der Waals surface area contributed by atoms with Gasteiger partial charge in [-0.25, -0.2) is 9.97 Å². The summed E-state index contributed by atoms with van der Waals surface area (Å²) in [7, 11) is 0. The van der Waals surface area contributed by atoms with Gasteiger partial charge in [-0.3, -0.25) is 0 Å². The lowest BCUT2D eigenvalue weighted by atomic mass is 10.0. The average molecular weight is 604 g/mol. The topological polar surface area (TPSA) is 83.0 Å². The van der Waals surface area contributed by atoms with Crippen LogP contribution in [0.2, 0.25) is 0 Å². The number of rotatable bonds is 19. The Morgan fingerprint density at radius 3 is 1.39 bits per heavy atom. The van der Waals surface area contributed by atoms with Crippen LogP contribution < -0.4 is 10.6 Å². The predicted molar refractivity (Wildman–Crippen MR) is 182 cm³/mol. The van der Waals surface area contributed by atoms with Gasteiger partial charge in [-0.2, -0.15) is 4.98 Å². The van der Waals surface area contributed by atoms with Gasteiger partial charge in [-0.15, -0.1) is 0 Å². The molecule has 1 aromatic heterocycles. The number of thioether (sulfide) groups is 2. The van der Waals surface area contributed by atoms with Crippen LogP contribution in [-0.2, 0) is 0 Å². The lowest BCUT2D eigenvalue weighted by Crippen LogP contribution is -2.28. The maximum Gasteiger partial charge on any atom is 0.192 e. The van der Waals surface area contributed by atoms with Crippen LogP contribution in [0.3, 0.4) is 0 Å². The smallest absolute Gasteiger partial charge is 0.192 e. The van der Waals surface area contributed by atoms with Crippen LogP contribution in [0.4, 0.5) is 11.4 Å². The summed E-state index contributed by atoms with van der Waals surface area (Å²) in [5.41, 5.74) is 1.77. The van der Waals surface area contributed by atoms with Gasteiger partial charge in [0, 0.05) is 28.1 Å². The molecule has 2 aromatic rings. The van der Waals surface area contributed by atoms with Gasteiger partial charge in [0.25, 0.3) is 0 Å². The largest absolute Gasteiger partial charge is 0.504 e. The zero-order chi connectivity index (χ0) is 30.3. The van der Waals surface area contributed by atoms with E-state index in [-0.39, 0.29) is 16.8 Å². The number of hydrogen-bond donors (Lipinski definition) is 3. The van der Waals surface area contributed by atoms with Gasteiger partial charge in [0.05, 0.1) is 11.4 Å². The molecule has 0 unspecified atom stereocenters. The van der Waals surface area contributed by atoms with Crippen LogP contribution in [0.5, 0.6) is 5.75 Å². The van der Waals surface area contributed by atoms with Crippen molar-refractivity contribution in [1.82, 2.24) is 15.0 Å². The van der Waals surface area contributed by atoms with Crippen LogP contribution in [-0.4, -0.2) is 42.6 Å². The zero-order valence-corrected chi connectivity index (χ0v) is 28.8. The van der Waals surface area contributed by atoms with E-state index in [1.165, 1.54) is 77.0 Å². The van der Waals surface area contributed by atoms with E-state index in [0.717, 1.165) is 27.4 Å². The number of nitrogens with one attached hydrogen (secondary N) is 2. The van der Waals surface area contributed by atoms with Gasteiger partial charge in [-0.1, -0.05) is 102 Å². The number of phenols is 1. The molecule has 1 heterocycles. The van der Waals surface area contributed by atoms with Crippen molar-refractivity contribution in [3.05, 3.63) is 12.1 Å². The Morgan fingerprint density at radius 1 is 0.610 bits per heavy atom. The second kappa shape index (κ2) is 18.1. The zero-order valence-electron chi connectivity index (χ0n) is 27.2. The Labute approximate surface area is 259 Å². The van der Waals surface area contributed by atoms with E-state index in [0.29, 0.717) is 17.2 Å². The van der Waals surface area contributed by atoms with Crippen molar-refractivity contribution in [2.24, 2.45) is 0 Å². The molecule has 0 radical (unpaired) electrons. The molecule has 0 bridgehead atoms. The van der Waals surface area contributed by atoms with E-state index >= 15 is 0 Å². The number of hydrogen-bond acceptors (Lipinski definition) is 8. The van der Waals surface area contributed by atoms with Crippen LogP contribution in [0, 0.1) is 0 Å². The highest BCUT2D eigenvalue weighted by Crippen LogP contribution is 2.39. The summed E-state index contributed by atoms with van der Waals surface area (Å²) >= 11 is 3.47. The maximum atomic E-state index is 11.2. The van der Waals surface area contributed by atoms with E-state index in [2.05, 4.69) is 66.0 Å². The first-order valence-corrected chi connectivity index (χ1v) is 17.8. The summed E-state index contributed by atoms with van der Waals surface area (Å²) in [6.07, 6.45) is 15.3. The number of aromatic hydroxyl groups is 1. The summed E-state index contributed by atoms with van der Waals surface area (Å²) in [5, 5.41) is 19.7. The second-order valence-corrected chi connectivity index (χ2v) is 15.3. The summed E-state index contributed by atoms with van der Waals surface area (Å²) in [6.45, 7) is 17.1. The highest BCUT2D eigenvalue weighted by Gasteiger charge is 2.21. The first-order valence-electron chi connectivity index (χ1n) is 15.9. The van der Waals surface area contributed by atoms with Crippen molar-refractivity contribution in [3.63, 3.8) is 0 Å². The Balaban J connectivity index is 2.32. The minimum absolute atomic E-state index is 0.211. The fourth-order valence-electron chi connectivity index (χ4n) is 4.45. The summed E-state index contributed by atoms with van der Waals surface area (Å²) in [6, 6.07) is 3.93. The molecule has 3 N–H and O–H groups in total. The van der Waals surface area contributed by atoms with Crippen LogP contribution in [0.25, 0.3) is 11.4 Å². The van der Waals surface area contributed by atoms with Gasteiger partial charge >= 0.3 is 0 Å². The lowest BCUT2D eigenvalue weighted by Gasteiger charge is -2.27. The number of anilines is 2. The highest BCUT2D eigenvalue weighted by molar-refractivity contribution is 7.99. The molecule has 0 aliphatic heterocycles. The SMILES string of the molecule is CCCCCCCCSc1nc(SCCCCCCCC)nc(-c2cc(NC(C)(C)C)c(O)c(NC(C)(C)C)c2)n1. The monoisotopic (exact) mass is 603 g/mol. The fourth-order valence-corrected chi connectivity index (χ4v) is 6.17. The summed E-state index contributed by atoms with van der Waals surface area (Å²) in [5.74, 6) is 2.90. The normalized spacial score (nSPS) is 12.1. The van der Waals surface area contributed by atoms with Crippen LogP contribution in [0.1, 0.15) is 132 Å². The molecule has 1 aromatic carbocycles. The van der Waals surface area contributed by atoms with E-state index in [1.807, 2.05) is 12.1 Å². The quantitative estimate of drug-likeness (QED) is 0.0831. The number of unbranched alkanes of at least 4 members (excludes halogenated alkanes) is 10. The van der Waals surface area contributed by atoms with Crippen molar-refractivity contribution >= 4 is 34.9 Å². The predicted octanol–water partition coefficient (Wildman–Crippen LogP) is 10.6. The van der Waals surface area contributed by atoms with Gasteiger partial charge < -0.3 is 15.7 Å². The van der Waals surface area contributed by atoms with Gasteiger partial charge in [0.1, 0.15) is 0 Å². The first kappa shape index (κ1) is 35.5. The maximum absolute atomic E-state index is 11.2. The summed E-state index contributed by atoms with van der Waals surface area (Å²) < 4.78 is 0. The fraction of sp³-hybridized carbons (Fsp3) is 0.727. The highest BCUT2D eigenvalue weighted by atomic mass is 32.2. The van der Waals surface area contributed by atoms with E-state index in [9.17, 15) is 5.11 Å². The molecule has 0 amide bonds. The number of aromatic nitrogens is 3. The Bertz CT molecular complexity index is 960. The Kier molecular flexibility index (Phi) is 15.7. The Hall–Kier alpha value is -1.67. The molecule has 232 valence electrons. The van der Waals surface area contributed by atoms with Crippen molar-refractivity contribution < 1.29 is 5.11 Å². The third-order valence-corrected chi connectivity index (χ3v) is 8.31. The summed E-state index contributed by atoms with van der Waals surface area (Å²) in [4.78, 5) is 14.7. The molecular formula is C33H57N5OS2. The van der Waals surface area contributed by atoms with Crippen LogP contribution >= 0.6 is 23.5 Å². The molecule has 0 aliphatic rings. The van der Waals surface area contributed by atoms with E-state index < -0.39 is 0 Å². The molecular weight excluding hydrogens is 547 g/mol. The van der Waals surface area contributed by atoms with Gasteiger partial charge in [0.15, 0.2) is 21.9 Å². The second-order valence-electron chi connectivity index (χ2n) is 13.1. The van der Waals surface area contributed by atoms with Crippen molar-refractivity contribution in [2.45, 2.75) is 154 Å². The third-order valence-electron chi connectivity index (χ3n) is 6.44. The molecule has 0 saturated carbocycles. The van der Waals surface area contributed by atoms with Gasteiger partial charge in [-0.05, 0) is 66.5 Å². The van der Waals surface area contributed by atoms with E-state index in [4.69, 9.17) is 15.0 Å². The molecule has 0 saturated heterocycles. The van der Waals surface area contributed by atoms with Gasteiger partial charge in [0.2, 0.25) is 0 Å². The molecule has 0 atom stereocenters. The van der Waals surface area contributed by atoms with Crippen molar-refractivity contribution in [1.29, 1.82) is 0 Å². The molecule has 6 nitrogen and oxygen atoms in total. The third kappa shape index (κ3) is 14.9. The average Bonchev–Trinajstić information content (AvgIpc) is 2.88. The molecule has 8 heteroatoms. The molecule has 0 fully saturated rings. The lowest BCUT2D eigenvalue weighted by molar-refractivity contribution is 0.473. The van der Waals surface area contributed by atoms with Crippen molar-refractivity contribution in [3.8, 4) is 17.1 Å². The minimum Gasteiger partial charge on any atom is -0.504 e. The molecule has 0 spiro atoms. The molecule has 41 heavy (non-hydrogen) atoms. The van der Waals surface area contributed by atoms with Crippen LogP contribution in [0.15, 0.2) is 22.4 Å². The molecule has 2 rings (SSSR count). The number of benzene rings is 1. The Morgan fingerprint density at radius 2 is 1.00 bits per heavy atom.